The Kier molecular flexibility index (Phi) is 6.20. The average Bonchev–Trinajstić information content (AvgIpc) is 3.09. The highest BCUT2D eigenvalue weighted by Crippen LogP contribution is 2.47. The van der Waals surface area contributed by atoms with Crippen LogP contribution in [0.1, 0.15) is 34.6 Å². The van der Waals surface area contributed by atoms with Gasteiger partial charge in [0.15, 0.2) is 0 Å². The lowest BCUT2D eigenvalue weighted by atomic mass is 10.2. The van der Waals surface area contributed by atoms with Crippen molar-refractivity contribution in [2.24, 2.45) is 17.8 Å². The van der Waals surface area contributed by atoms with Gasteiger partial charge in [-0.15, -0.1) is 0 Å². The molecule has 0 aliphatic heterocycles. The maximum absolute atomic E-state index is 11.8. The Bertz CT molecular complexity index is 404. The summed E-state index contributed by atoms with van der Waals surface area (Å²) in [6.07, 6.45) is -0.579. The average molecular weight is 315 g/mol. The SMILES string of the molecule is CCOC(=O)[C@@H]1C(CNC(=O)OC(C)(C)C)[C@@H]1C(=O)OCC. The summed E-state index contributed by atoms with van der Waals surface area (Å²) in [7, 11) is 0. The van der Waals surface area contributed by atoms with Crippen LogP contribution in [0.3, 0.4) is 0 Å². The van der Waals surface area contributed by atoms with Gasteiger partial charge in [-0.25, -0.2) is 4.79 Å². The van der Waals surface area contributed by atoms with Crippen molar-refractivity contribution in [3.63, 3.8) is 0 Å². The molecule has 1 saturated carbocycles. The zero-order valence-electron chi connectivity index (χ0n) is 13.8. The lowest BCUT2D eigenvalue weighted by Gasteiger charge is -2.19. The predicted molar refractivity (Wildman–Crippen MR) is 78.0 cm³/mol. The molecule has 22 heavy (non-hydrogen) atoms. The Morgan fingerprint density at radius 3 is 1.77 bits per heavy atom. The van der Waals surface area contributed by atoms with E-state index in [2.05, 4.69) is 5.32 Å². The summed E-state index contributed by atoms with van der Waals surface area (Å²) in [5, 5.41) is 2.58. The largest absolute Gasteiger partial charge is 0.466 e. The van der Waals surface area contributed by atoms with E-state index >= 15 is 0 Å². The predicted octanol–water partition coefficient (Wildman–Crippen LogP) is 1.50. The van der Waals surface area contributed by atoms with Gasteiger partial charge in [-0.05, 0) is 34.6 Å². The summed E-state index contributed by atoms with van der Waals surface area (Å²) in [4.78, 5) is 35.3. The zero-order valence-corrected chi connectivity index (χ0v) is 13.8. The number of esters is 2. The van der Waals surface area contributed by atoms with Gasteiger partial charge in [0, 0.05) is 12.5 Å². The van der Waals surface area contributed by atoms with Crippen LogP contribution < -0.4 is 5.32 Å². The molecule has 0 heterocycles. The molecule has 0 saturated heterocycles. The van der Waals surface area contributed by atoms with E-state index < -0.39 is 35.5 Å². The number of ether oxygens (including phenoxy) is 3. The standard InChI is InChI=1S/C15H25NO6/c1-6-20-12(17)10-9(11(10)13(18)21-7-2)8-16-14(19)22-15(3,4)5/h9-11H,6-8H2,1-5H3,(H,16,19)/t9?,10-,11+. The van der Waals surface area contributed by atoms with E-state index in [0.717, 1.165) is 0 Å². The number of nitrogens with one attached hydrogen (secondary N) is 1. The first kappa shape index (κ1) is 18.3. The van der Waals surface area contributed by atoms with Crippen LogP contribution in [0.2, 0.25) is 0 Å². The van der Waals surface area contributed by atoms with Crippen LogP contribution in [-0.4, -0.2) is 43.4 Å². The summed E-state index contributed by atoms with van der Waals surface area (Å²) in [5.74, 6) is -2.30. The topological polar surface area (TPSA) is 90.9 Å². The Morgan fingerprint density at radius 2 is 1.41 bits per heavy atom. The molecular weight excluding hydrogens is 290 g/mol. The number of amides is 1. The first-order valence-electron chi connectivity index (χ1n) is 7.51. The molecule has 1 aliphatic rings. The van der Waals surface area contributed by atoms with E-state index in [1.807, 2.05) is 0 Å². The van der Waals surface area contributed by atoms with Crippen molar-refractivity contribution in [1.29, 1.82) is 0 Å². The Morgan fingerprint density at radius 1 is 0.955 bits per heavy atom. The van der Waals surface area contributed by atoms with Crippen molar-refractivity contribution in [2.45, 2.75) is 40.2 Å². The van der Waals surface area contributed by atoms with Crippen LogP contribution >= 0.6 is 0 Å². The van der Waals surface area contributed by atoms with Gasteiger partial charge < -0.3 is 19.5 Å². The van der Waals surface area contributed by atoms with Crippen molar-refractivity contribution in [1.82, 2.24) is 5.32 Å². The molecule has 1 rings (SSSR count). The van der Waals surface area contributed by atoms with Crippen LogP contribution in [-0.2, 0) is 23.8 Å². The summed E-state index contributed by atoms with van der Waals surface area (Å²) in [6, 6.07) is 0. The molecule has 0 bridgehead atoms. The third-order valence-electron chi connectivity index (χ3n) is 3.17. The maximum Gasteiger partial charge on any atom is 0.407 e. The van der Waals surface area contributed by atoms with Crippen molar-refractivity contribution in [2.75, 3.05) is 19.8 Å². The molecule has 1 fully saturated rings. The summed E-state index contributed by atoms with van der Waals surface area (Å²) in [5.41, 5.74) is -0.602. The van der Waals surface area contributed by atoms with E-state index in [-0.39, 0.29) is 25.7 Å². The first-order chi connectivity index (χ1) is 10.2. The van der Waals surface area contributed by atoms with Gasteiger partial charge in [-0.1, -0.05) is 0 Å². The van der Waals surface area contributed by atoms with Crippen molar-refractivity contribution in [3.05, 3.63) is 0 Å². The van der Waals surface area contributed by atoms with Gasteiger partial charge >= 0.3 is 18.0 Å². The number of carbonyl (C=O) groups is 3. The van der Waals surface area contributed by atoms with E-state index in [4.69, 9.17) is 14.2 Å². The van der Waals surface area contributed by atoms with Crippen LogP contribution in [0.5, 0.6) is 0 Å². The zero-order chi connectivity index (χ0) is 16.9. The summed E-state index contributed by atoms with van der Waals surface area (Å²) < 4.78 is 15.0. The van der Waals surface area contributed by atoms with Crippen molar-refractivity contribution in [3.8, 4) is 0 Å². The molecule has 0 radical (unpaired) electrons. The van der Waals surface area contributed by atoms with Crippen LogP contribution in [0.4, 0.5) is 4.79 Å². The summed E-state index contributed by atoms with van der Waals surface area (Å²) in [6.45, 7) is 9.34. The quantitative estimate of drug-likeness (QED) is 0.590. The van der Waals surface area contributed by atoms with Gasteiger partial charge in [0.1, 0.15) is 5.60 Å². The molecule has 7 nitrogen and oxygen atoms in total. The van der Waals surface area contributed by atoms with Crippen molar-refractivity contribution < 1.29 is 28.6 Å². The number of hydrogen-bond donors (Lipinski definition) is 1. The maximum atomic E-state index is 11.8. The lowest BCUT2D eigenvalue weighted by Crippen LogP contribution is -2.34. The molecule has 0 spiro atoms. The van der Waals surface area contributed by atoms with Crippen LogP contribution in [0.15, 0.2) is 0 Å². The van der Waals surface area contributed by atoms with Crippen LogP contribution in [0, 0.1) is 17.8 Å². The second kappa shape index (κ2) is 7.47. The molecule has 0 aromatic rings. The molecule has 7 heteroatoms. The van der Waals surface area contributed by atoms with E-state index in [1.54, 1.807) is 34.6 Å². The van der Waals surface area contributed by atoms with Gasteiger partial charge in [0.2, 0.25) is 0 Å². The summed E-state index contributed by atoms with van der Waals surface area (Å²) >= 11 is 0. The normalized spacial score (nSPS) is 23.4. The van der Waals surface area contributed by atoms with Gasteiger partial charge in [-0.2, -0.15) is 0 Å². The Labute approximate surface area is 130 Å². The Balaban J connectivity index is 2.57. The highest BCUT2D eigenvalue weighted by atomic mass is 16.6. The minimum Gasteiger partial charge on any atom is -0.466 e. The third kappa shape index (κ3) is 5.20. The fourth-order valence-electron chi connectivity index (χ4n) is 2.26. The number of hydrogen-bond acceptors (Lipinski definition) is 6. The highest BCUT2D eigenvalue weighted by Gasteiger charge is 2.60. The van der Waals surface area contributed by atoms with Gasteiger partial charge in [0.25, 0.3) is 0 Å². The van der Waals surface area contributed by atoms with Gasteiger partial charge in [0.05, 0.1) is 25.0 Å². The lowest BCUT2D eigenvalue weighted by molar-refractivity contribution is -0.150. The molecule has 1 unspecified atom stereocenters. The smallest absolute Gasteiger partial charge is 0.407 e. The minimum absolute atomic E-state index is 0.169. The van der Waals surface area contributed by atoms with Crippen molar-refractivity contribution >= 4 is 18.0 Å². The molecule has 0 aromatic carbocycles. The highest BCUT2D eigenvalue weighted by molar-refractivity contribution is 5.88. The molecule has 1 aliphatic carbocycles. The fraction of sp³-hybridized carbons (Fsp3) is 0.800. The second-order valence-electron chi connectivity index (χ2n) is 6.10. The molecule has 3 atom stereocenters. The number of alkyl carbamates (subject to hydrolysis) is 1. The molecule has 1 amide bonds. The molecule has 1 N–H and O–H groups in total. The first-order valence-corrected chi connectivity index (χ1v) is 7.51. The van der Waals surface area contributed by atoms with Gasteiger partial charge in [-0.3, -0.25) is 9.59 Å². The fourth-order valence-corrected chi connectivity index (χ4v) is 2.26. The molecule has 126 valence electrons. The third-order valence-corrected chi connectivity index (χ3v) is 3.17. The number of rotatable bonds is 6. The molecular formula is C15H25NO6. The second-order valence-corrected chi connectivity index (χ2v) is 6.10. The van der Waals surface area contributed by atoms with E-state index in [9.17, 15) is 14.4 Å². The number of carbonyl (C=O) groups excluding carboxylic acids is 3. The van der Waals surface area contributed by atoms with E-state index in [0.29, 0.717) is 0 Å². The Hall–Kier alpha value is -1.79. The minimum atomic E-state index is -0.602. The van der Waals surface area contributed by atoms with Crippen LogP contribution in [0.25, 0.3) is 0 Å². The monoisotopic (exact) mass is 315 g/mol. The van der Waals surface area contributed by atoms with E-state index in [1.165, 1.54) is 0 Å². The molecule has 0 aromatic heterocycles.